The molecule has 41 heavy (non-hydrogen) atoms. The van der Waals surface area contributed by atoms with Crippen LogP contribution in [0.5, 0.6) is 5.75 Å². The fraction of sp³-hybridized carbons (Fsp3) is 0.172. The zero-order valence-electron chi connectivity index (χ0n) is 21.7. The van der Waals surface area contributed by atoms with Crippen molar-refractivity contribution < 1.29 is 23.8 Å². The first-order valence-electron chi connectivity index (χ1n) is 12.4. The molecule has 0 spiro atoms. The third-order valence-electron chi connectivity index (χ3n) is 6.36. The number of ketones is 1. The average molecular weight is 631 g/mol. The molecule has 0 bridgehead atoms. The van der Waals surface area contributed by atoms with E-state index >= 15 is 0 Å². The number of ether oxygens (including phenoxy) is 1. The Morgan fingerprint density at radius 3 is 2.54 bits per heavy atom. The summed E-state index contributed by atoms with van der Waals surface area (Å²) in [5, 5.41) is 20.9. The zero-order valence-corrected chi connectivity index (χ0v) is 24.9. The van der Waals surface area contributed by atoms with E-state index in [0.29, 0.717) is 43.6 Å². The van der Waals surface area contributed by atoms with Gasteiger partial charge >= 0.3 is 5.91 Å². The summed E-state index contributed by atoms with van der Waals surface area (Å²) in [6, 6.07) is 15.1. The van der Waals surface area contributed by atoms with E-state index in [0.717, 1.165) is 23.0 Å². The molecule has 1 aliphatic heterocycles. The fourth-order valence-corrected chi connectivity index (χ4v) is 6.72. The lowest BCUT2D eigenvalue weighted by molar-refractivity contribution is -0.132. The van der Waals surface area contributed by atoms with Crippen LogP contribution in [0.25, 0.3) is 5.76 Å². The van der Waals surface area contributed by atoms with Crippen LogP contribution in [0.15, 0.2) is 70.6 Å². The lowest BCUT2D eigenvalue weighted by Gasteiger charge is -2.22. The van der Waals surface area contributed by atoms with Crippen molar-refractivity contribution in [1.29, 1.82) is 0 Å². The number of aromatic nitrogens is 2. The summed E-state index contributed by atoms with van der Waals surface area (Å²) in [5.41, 5.74) is 1.65. The third kappa shape index (κ3) is 5.97. The van der Waals surface area contributed by atoms with Crippen molar-refractivity contribution in [1.82, 2.24) is 10.2 Å². The number of anilines is 1. The Bertz CT molecular complexity index is 1680. The highest BCUT2D eigenvalue weighted by molar-refractivity contribution is 8.00. The van der Waals surface area contributed by atoms with Gasteiger partial charge in [-0.25, -0.2) is 4.39 Å². The molecule has 5 rings (SSSR count). The normalized spacial score (nSPS) is 16.4. The molecule has 0 aliphatic carbocycles. The van der Waals surface area contributed by atoms with Gasteiger partial charge in [-0.15, -0.1) is 10.2 Å². The van der Waals surface area contributed by atoms with Crippen LogP contribution in [0.1, 0.15) is 35.2 Å². The fourth-order valence-electron chi connectivity index (χ4n) is 4.29. The molecule has 1 aromatic heterocycles. The summed E-state index contributed by atoms with van der Waals surface area (Å²) in [4.78, 5) is 28.0. The topological polar surface area (TPSA) is 92.6 Å². The number of carbonyl (C=O) groups excluding carboxylic acids is 2. The number of benzene rings is 3. The standard InChI is InChI=1S/C29H22Cl2FN3O4S2/c1-3-39-20-10-7-16(8-11-20)24-23(25(36)17-5-4-15(2)22(32)12-17)26(37)27(38)35(24)28-33-34-29(41-28)40-14-18-6-9-19(30)13-21(18)31/h4-13,24,36H,3,14H2,1-2H3. The van der Waals surface area contributed by atoms with Crippen molar-refractivity contribution in [3.8, 4) is 5.75 Å². The van der Waals surface area contributed by atoms with Crippen molar-refractivity contribution >= 4 is 68.9 Å². The lowest BCUT2D eigenvalue weighted by atomic mass is 9.95. The molecule has 3 aromatic carbocycles. The largest absolute Gasteiger partial charge is 0.507 e. The highest BCUT2D eigenvalue weighted by atomic mass is 35.5. The Kier molecular flexibility index (Phi) is 8.65. The highest BCUT2D eigenvalue weighted by Crippen LogP contribution is 2.44. The van der Waals surface area contributed by atoms with Gasteiger partial charge in [0.1, 0.15) is 17.3 Å². The molecule has 1 N–H and O–H groups in total. The van der Waals surface area contributed by atoms with Crippen molar-refractivity contribution in [2.24, 2.45) is 0 Å². The van der Waals surface area contributed by atoms with Crippen molar-refractivity contribution in [3.63, 3.8) is 0 Å². The van der Waals surface area contributed by atoms with Crippen molar-refractivity contribution in [3.05, 3.63) is 104 Å². The molecule has 4 aromatic rings. The molecule has 1 amide bonds. The van der Waals surface area contributed by atoms with Gasteiger partial charge in [-0.2, -0.15) is 0 Å². The number of rotatable bonds is 8. The van der Waals surface area contributed by atoms with Gasteiger partial charge in [0, 0.05) is 21.4 Å². The van der Waals surface area contributed by atoms with Crippen LogP contribution in [-0.4, -0.2) is 33.6 Å². The molecule has 7 nitrogen and oxygen atoms in total. The Balaban J connectivity index is 1.54. The van der Waals surface area contributed by atoms with E-state index in [2.05, 4.69) is 10.2 Å². The van der Waals surface area contributed by atoms with E-state index in [1.165, 1.54) is 28.8 Å². The number of hydrogen-bond acceptors (Lipinski definition) is 8. The molecule has 1 unspecified atom stereocenters. The minimum absolute atomic E-state index is 0.0791. The maximum Gasteiger partial charge on any atom is 0.301 e. The van der Waals surface area contributed by atoms with Gasteiger partial charge in [-0.3, -0.25) is 14.5 Å². The first-order valence-corrected chi connectivity index (χ1v) is 14.9. The van der Waals surface area contributed by atoms with Crippen molar-refractivity contribution in [2.45, 2.75) is 30.0 Å². The van der Waals surface area contributed by atoms with Crippen LogP contribution in [0.4, 0.5) is 9.52 Å². The summed E-state index contributed by atoms with van der Waals surface area (Å²) in [7, 11) is 0. The van der Waals surface area contributed by atoms with E-state index in [1.807, 2.05) is 13.0 Å². The van der Waals surface area contributed by atoms with E-state index in [1.54, 1.807) is 43.3 Å². The van der Waals surface area contributed by atoms with E-state index in [9.17, 15) is 19.1 Å². The Labute approximate surface area is 253 Å². The van der Waals surface area contributed by atoms with E-state index in [4.69, 9.17) is 27.9 Å². The second-order valence-corrected chi connectivity index (χ2v) is 12.0. The minimum atomic E-state index is -1.04. The summed E-state index contributed by atoms with van der Waals surface area (Å²) in [6.07, 6.45) is 0. The van der Waals surface area contributed by atoms with Gasteiger partial charge in [0.25, 0.3) is 5.78 Å². The molecule has 1 aliphatic rings. The number of nitrogens with zero attached hydrogens (tertiary/aromatic N) is 3. The molecule has 2 heterocycles. The van der Waals surface area contributed by atoms with Crippen LogP contribution in [0.3, 0.4) is 0 Å². The van der Waals surface area contributed by atoms with Crippen molar-refractivity contribution in [2.75, 3.05) is 11.5 Å². The molecular formula is C29H22Cl2FN3O4S2. The lowest BCUT2D eigenvalue weighted by Crippen LogP contribution is -2.29. The maximum absolute atomic E-state index is 14.4. The number of carbonyl (C=O) groups is 2. The van der Waals surface area contributed by atoms with Crippen LogP contribution < -0.4 is 9.64 Å². The number of aliphatic hydroxyl groups excluding tert-OH is 1. The monoisotopic (exact) mass is 629 g/mol. The average Bonchev–Trinajstić information content (AvgIpc) is 3.52. The summed E-state index contributed by atoms with van der Waals surface area (Å²) >= 11 is 14.8. The first-order chi connectivity index (χ1) is 19.7. The van der Waals surface area contributed by atoms with Gasteiger partial charge in [-0.05, 0) is 60.9 Å². The van der Waals surface area contributed by atoms with Gasteiger partial charge in [0.2, 0.25) is 5.13 Å². The van der Waals surface area contributed by atoms with Crippen LogP contribution >= 0.6 is 46.3 Å². The summed E-state index contributed by atoms with van der Waals surface area (Å²) in [5.74, 6) is -1.76. The highest BCUT2D eigenvalue weighted by Gasteiger charge is 2.48. The van der Waals surface area contributed by atoms with Gasteiger partial charge in [0.05, 0.1) is 18.2 Å². The number of amides is 1. The van der Waals surface area contributed by atoms with Gasteiger partial charge in [-0.1, -0.05) is 76.6 Å². The zero-order chi connectivity index (χ0) is 29.3. The number of aryl methyl sites for hydroxylation is 1. The van der Waals surface area contributed by atoms with E-state index < -0.39 is 29.3 Å². The molecule has 0 saturated carbocycles. The molecule has 1 saturated heterocycles. The number of hydrogen-bond donors (Lipinski definition) is 1. The Morgan fingerprint density at radius 2 is 1.85 bits per heavy atom. The Morgan fingerprint density at radius 1 is 1.10 bits per heavy atom. The summed E-state index contributed by atoms with van der Waals surface area (Å²) < 4.78 is 20.5. The molecule has 210 valence electrons. The summed E-state index contributed by atoms with van der Waals surface area (Å²) in [6.45, 7) is 3.91. The van der Waals surface area contributed by atoms with Gasteiger partial charge in [0.15, 0.2) is 4.34 Å². The molecule has 12 heteroatoms. The van der Waals surface area contributed by atoms with E-state index in [-0.39, 0.29) is 16.3 Å². The van der Waals surface area contributed by atoms with Crippen LogP contribution in [0, 0.1) is 12.7 Å². The first kappa shape index (κ1) is 29.1. The molecular weight excluding hydrogens is 608 g/mol. The smallest absolute Gasteiger partial charge is 0.301 e. The van der Waals surface area contributed by atoms with Crippen LogP contribution in [0.2, 0.25) is 10.0 Å². The number of aliphatic hydroxyl groups is 1. The maximum atomic E-state index is 14.4. The predicted octanol–water partition coefficient (Wildman–Crippen LogP) is 7.61. The quantitative estimate of drug-likeness (QED) is 0.0705. The molecule has 1 atom stereocenters. The third-order valence-corrected chi connectivity index (χ3v) is 9.06. The predicted molar refractivity (Wildman–Crippen MR) is 159 cm³/mol. The number of halogens is 3. The second kappa shape index (κ2) is 12.2. The van der Waals surface area contributed by atoms with Crippen LogP contribution in [-0.2, 0) is 15.3 Å². The number of Topliss-reactive ketones (excluding diaryl/α,β-unsaturated/α-hetero) is 1. The SMILES string of the molecule is CCOc1ccc(C2C(=C(O)c3ccc(C)c(F)c3)C(=O)C(=O)N2c2nnc(SCc3ccc(Cl)cc3Cl)s2)cc1. The molecule has 1 fully saturated rings. The second-order valence-electron chi connectivity index (χ2n) is 9.01. The Hall–Kier alpha value is -3.44. The number of thioether (sulfide) groups is 1. The minimum Gasteiger partial charge on any atom is -0.507 e. The molecule has 0 radical (unpaired) electrons. The van der Waals surface area contributed by atoms with Gasteiger partial charge < -0.3 is 9.84 Å².